The summed E-state index contributed by atoms with van der Waals surface area (Å²) in [5.74, 6) is 0. The minimum absolute atomic E-state index is 0.216. The van der Waals surface area contributed by atoms with Gasteiger partial charge in [0, 0.05) is 5.66 Å². The van der Waals surface area contributed by atoms with Crippen LogP contribution in [0.1, 0.15) is 13.3 Å². The standard InChI is InChI=1S/C4H8OP/c1-3-4(2)6-5/h4H,1,3H2,2H3. The molecule has 0 saturated carbocycles. The van der Waals surface area contributed by atoms with Crippen LogP contribution >= 0.6 is 8.46 Å². The van der Waals surface area contributed by atoms with Gasteiger partial charge in [-0.15, -0.1) is 0 Å². The number of hydrogen-bond acceptors (Lipinski definition) is 1. The van der Waals surface area contributed by atoms with Gasteiger partial charge in [0.05, 0.1) is 0 Å². The van der Waals surface area contributed by atoms with Crippen LogP contribution in [0.25, 0.3) is 0 Å². The second-order valence-electron chi connectivity index (χ2n) is 1.24. The number of hydrogen-bond donors (Lipinski definition) is 0. The summed E-state index contributed by atoms with van der Waals surface area (Å²) >= 11 is 0. The first-order chi connectivity index (χ1) is 2.81. The summed E-state index contributed by atoms with van der Waals surface area (Å²) in [5.41, 5.74) is 0.241. The van der Waals surface area contributed by atoms with E-state index in [1.165, 1.54) is 0 Å². The van der Waals surface area contributed by atoms with Crippen LogP contribution in [0.3, 0.4) is 0 Å². The van der Waals surface area contributed by atoms with Crippen LogP contribution in [0.2, 0.25) is 0 Å². The van der Waals surface area contributed by atoms with E-state index in [1.54, 1.807) is 0 Å². The topological polar surface area (TPSA) is 17.1 Å². The van der Waals surface area contributed by atoms with Crippen LogP contribution in [0.4, 0.5) is 0 Å². The van der Waals surface area contributed by atoms with Crippen molar-refractivity contribution in [1.29, 1.82) is 0 Å². The molecule has 0 spiro atoms. The second kappa shape index (κ2) is 3.30. The molecule has 1 atom stereocenters. The highest BCUT2D eigenvalue weighted by atomic mass is 31.1. The monoisotopic (exact) mass is 103 g/mol. The Labute approximate surface area is 40.0 Å². The predicted molar refractivity (Wildman–Crippen MR) is 27.0 cm³/mol. The van der Waals surface area contributed by atoms with Crippen LogP contribution in [-0.2, 0) is 4.57 Å². The van der Waals surface area contributed by atoms with Gasteiger partial charge in [0.1, 0.15) is 0 Å². The molecule has 0 fully saturated rings. The van der Waals surface area contributed by atoms with Gasteiger partial charge in [-0.05, 0) is 6.42 Å². The third kappa shape index (κ3) is 2.34. The van der Waals surface area contributed by atoms with Gasteiger partial charge < -0.3 is 0 Å². The van der Waals surface area contributed by atoms with E-state index in [0.29, 0.717) is 0 Å². The molecule has 0 aliphatic rings. The average molecular weight is 103 g/mol. The Morgan fingerprint density at radius 1 is 2.00 bits per heavy atom. The van der Waals surface area contributed by atoms with Crippen molar-refractivity contribution in [3.8, 4) is 0 Å². The molecule has 6 heavy (non-hydrogen) atoms. The molecule has 0 aliphatic heterocycles. The summed E-state index contributed by atoms with van der Waals surface area (Å²) in [6.45, 7) is 5.44. The van der Waals surface area contributed by atoms with Gasteiger partial charge >= 0.3 is 0 Å². The lowest BCUT2D eigenvalue weighted by Gasteiger charge is -1.87. The van der Waals surface area contributed by atoms with Crippen LogP contribution < -0.4 is 0 Å². The minimum atomic E-state index is 0.216. The van der Waals surface area contributed by atoms with E-state index < -0.39 is 0 Å². The lowest BCUT2D eigenvalue weighted by Crippen LogP contribution is -1.82. The molecular formula is C4H8OP. The van der Waals surface area contributed by atoms with Crippen molar-refractivity contribution in [2.24, 2.45) is 0 Å². The summed E-state index contributed by atoms with van der Waals surface area (Å²) < 4.78 is 9.79. The van der Waals surface area contributed by atoms with Gasteiger partial charge in [0.25, 0.3) is 0 Å². The average Bonchev–Trinajstić information content (AvgIpc) is 1.65. The number of rotatable bonds is 2. The molecular weight excluding hydrogens is 95.0 g/mol. The molecule has 1 nitrogen and oxygen atoms in total. The van der Waals surface area contributed by atoms with E-state index in [2.05, 4.69) is 6.92 Å². The van der Waals surface area contributed by atoms with E-state index >= 15 is 0 Å². The Bertz CT molecular complexity index is 44.8. The fourth-order valence-corrected chi connectivity index (χ4v) is 0.158. The van der Waals surface area contributed by atoms with Gasteiger partial charge in [0.2, 0.25) is 0 Å². The maximum Gasteiger partial charge on any atom is 0.158 e. The van der Waals surface area contributed by atoms with E-state index in [1.807, 2.05) is 6.92 Å². The summed E-state index contributed by atoms with van der Waals surface area (Å²) in [7, 11) is 0.216. The lowest BCUT2D eigenvalue weighted by atomic mass is 10.4. The zero-order valence-electron chi connectivity index (χ0n) is 3.85. The van der Waals surface area contributed by atoms with Crippen LogP contribution in [-0.4, -0.2) is 5.66 Å². The molecule has 0 amide bonds. The fraction of sp³-hybridized carbons (Fsp3) is 0.750. The highest BCUT2D eigenvalue weighted by Gasteiger charge is 1.91. The maximum atomic E-state index is 9.79. The quantitative estimate of drug-likeness (QED) is 0.488. The van der Waals surface area contributed by atoms with Crippen molar-refractivity contribution >= 4 is 8.46 Å². The molecule has 0 aromatic heterocycles. The Kier molecular flexibility index (Phi) is 3.35. The Morgan fingerprint density at radius 2 is 2.50 bits per heavy atom. The van der Waals surface area contributed by atoms with Crippen molar-refractivity contribution in [1.82, 2.24) is 0 Å². The maximum absolute atomic E-state index is 9.79. The van der Waals surface area contributed by atoms with Gasteiger partial charge in [-0.2, -0.15) is 0 Å². The van der Waals surface area contributed by atoms with E-state index in [-0.39, 0.29) is 14.1 Å². The molecule has 2 heteroatoms. The first kappa shape index (κ1) is 6.10. The lowest BCUT2D eigenvalue weighted by molar-refractivity contribution is 0.592. The smallest absolute Gasteiger partial charge is 0.158 e. The van der Waals surface area contributed by atoms with Gasteiger partial charge in [-0.3, -0.25) is 4.57 Å². The molecule has 35 valence electrons. The van der Waals surface area contributed by atoms with Crippen LogP contribution in [0.5, 0.6) is 0 Å². The van der Waals surface area contributed by atoms with E-state index in [9.17, 15) is 4.57 Å². The summed E-state index contributed by atoms with van der Waals surface area (Å²) in [6.07, 6.45) is 0.755. The van der Waals surface area contributed by atoms with Crippen molar-refractivity contribution in [3.05, 3.63) is 6.92 Å². The molecule has 0 aliphatic carbocycles. The Balaban J connectivity index is 2.96. The molecule has 0 rings (SSSR count). The van der Waals surface area contributed by atoms with E-state index in [0.717, 1.165) is 6.42 Å². The molecule has 0 heterocycles. The molecule has 0 saturated heterocycles. The van der Waals surface area contributed by atoms with Crippen molar-refractivity contribution in [2.45, 2.75) is 19.0 Å². The predicted octanol–water partition coefficient (Wildman–Crippen LogP) is 1.89. The molecule has 0 N–H and O–H groups in total. The van der Waals surface area contributed by atoms with E-state index in [4.69, 9.17) is 0 Å². The van der Waals surface area contributed by atoms with Crippen molar-refractivity contribution in [2.75, 3.05) is 0 Å². The Morgan fingerprint density at radius 3 is 2.50 bits per heavy atom. The zero-order chi connectivity index (χ0) is 4.99. The zero-order valence-corrected chi connectivity index (χ0v) is 4.74. The second-order valence-corrected chi connectivity index (χ2v) is 2.34. The molecule has 1 radical (unpaired) electrons. The van der Waals surface area contributed by atoms with Crippen LogP contribution in [0, 0.1) is 6.92 Å². The van der Waals surface area contributed by atoms with Gasteiger partial charge in [-0.1, -0.05) is 13.8 Å². The first-order valence-electron chi connectivity index (χ1n) is 1.93. The third-order valence-electron chi connectivity index (χ3n) is 0.598. The fourth-order valence-electron chi connectivity index (χ4n) is 0.0527. The molecule has 0 aromatic rings. The Hall–Kier alpha value is 0.100. The van der Waals surface area contributed by atoms with Crippen LogP contribution in [0.15, 0.2) is 0 Å². The third-order valence-corrected chi connectivity index (χ3v) is 1.22. The summed E-state index contributed by atoms with van der Waals surface area (Å²) in [4.78, 5) is 0. The molecule has 0 aromatic carbocycles. The summed E-state index contributed by atoms with van der Waals surface area (Å²) in [5, 5.41) is 0. The molecule has 0 bridgehead atoms. The summed E-state index contributed by atoms with van der Waals surface area (Å²) in [6, 6.07) is 0. The van der Waals surface area contributed by atoms with Crippen molar-refractivity contribution < 1.29 is 4.57 Å². The largest absolute Gasteiger partial charge is 0.275 e. The highest BCUT2D eigenvalue weighted by molar-refractivity contribution is 7.24. The highest BCUT2D eigenvalue weighted by Crippen LogP contribution is 2.06. The van der Waals surface area contributed by atoms with Gasteiger partial charge in [0.15, 0.2) is 8.46 Å². The minimum Gasteiger partial charge on any atom is -0.275 e. The van der Waals surface area contributed by atoms with Crippen molar-refractivity contribution in [3.63, 3.8) is 0 Å². The molecule has 1 unspecified atom stereocenters. The SMILES string of the molecule is [CH2]CC(C)P=O. The normalized spacial score (nSPS) is 15.0. The first-order valence-corrected chi connectivity index (χ1v) is 2.81. The van der Waals surface area contributed by atoms with Gasteiger partial charge in [-0.25, -0.2) is 0 Å².